The van der Waals surface area contributed by atoms with E-state index in [1.807, 2.05) is 34.1 Å². The first-order valence-corrected chi connectivity index (χ1v) is 9.94. The molecule has 2 aliphatic rings. The summed E-state index contributed by atoms with van der Waals surface area (Å²) in [7, 11) is 2.09. The Morgan fingerprint density at radius 3 is 2.41 bits per heavy atom. The number of hydrogen-bond acceptors (Lipinski definition) is 3. The van der Waals surface area contributed by atoms with Crippen molar-refractivity contribution in [3.8, 4) is 0 Å². The standard InChI is InChI=1S/C20H25ClN4O2/c1-23-8-10-25(11-9-23)19(26)14-4-6-24(7-5-14)20(27)18-13-15-12-16(21)2-3-17(15)22-18/h2-3,12-14,22H,4-11H2,1H3. The van der Waals surface area contributed by atoms with Gasteiger partial charge in [-0.15, -0.1) is 0 Å². The maximum atomic E-state index is 12.8. The molecule has 2 fully saturated rings. The summed E-state index contributed by atoms with van der Waals surface area (Å²) in [4.78, 5) is 34.8. The maximum Gasteiger partial charge on any atom is 0.270 e. The fraction of sp³-hybridized carbons (Fsp3) is 0.500. The van der Waals surface area contributed by atoms with Gasteiger partial charge in [0.2, 0.25) is 5.91 Å². The molecule has 1 aromatic heterocycles. The molecule has 27 heavy (non-hydrogen) atoms. The lowest BCUT2D eigenvalue weighted by molar-refractivity contribution is -0.138. The number of nitrogens with one attached hydrogen (secondary N) is 1. The summed E-state index contributed by atoms with van der Waals surface area (Å²) in [5, 5.41) is 1.59. The second kappa shape index (κ2) is 7.52. The van der Waals surface area contributed by atoms with Crippen molar-refractivity contribution in [1.82, 2.24) is 19.7 Å². The van der Waals surface area contributed by atoms with Crippen LogP contribution in [0.5, 0.6) is 0 Å². The maximum absolute atomic E-state index is 12.8. The molecule has 2 saturated heterocycles. The topological polar surface area (TPSA) is 59.6 Å². The van der Waals surface area contributed by atoms with Crippen LogP contribution < -0.4 is 0 Å². The first-order valence-electron chi connectivity index (χ1n) is 9.56. The number of aromatic amines is 1. The number of hydrogen-bond donors (Lipinski definition) is 1. The molecule has 2 aliphatic heterocycles. The molecule has 7 heteroatoms. The van der Waals surface area contributed by atoms with Crippen molar-refractivity contribution in [1.29, 1.82) is 0 Å². The second-order valence-corrected chi connectivity index (χ2v) is 8.05. The van der Waals surface area contributed by atoms with Gasteiger partial charge in [-0.1, -0.05) is 11.6 Å². The summed E-state index contributed by atoms with van der Waals surface area (Å²) in [5.41, 5.74) is 1.49. The number of carbonyl (C=O) groups excluding carboxylic acids is 2. The Hall–Kier alpha value is -2.05. The molecule has 4 rings (SSSR count). The van der Waals surface area contributed by atoms with Crippen molar-refractivity contribution < 1.29 is 9.59 Å². The van der Waals surface area contributed by atoms with E-state index >= 15 is 0 Å². The van der Waals surface area contributed by atoms with Crippen molar-refractivity contribution in [2.45, 2.75) is 12.8 Å². The molecule has 1 N–H and O–H groups in total. The van der Waals surface area contributed by atoms with Crippen LogP contribution >= 0.6 is 11.6 Å². The molecule has 0 spiro atoms. The van der Waals surface area contributed by atoms with Crippen LogP contribution in [0.4, 0.5) is 0 Å². The molecular weight excluding hydrogens is 364 g/mol. The molecule has 2 aromatic rings. The van der Waals surface area contributed by atoms with Gasteiger partial charge < -0.3 is 19.7 Å². The van der Waals surface area contributed by atoms with Crippen molar-refractivity contribution in [2.75, 3.05) is 46.3 Å². The number of likely N-dealkylation sites (N-methyl/N-ethyl adjacent to an activating group) is 1. The third-order valence-electron chi connectivity index (χ3n) is 5.76. The quantitative estimate of drug-likeness (QED) is 0.859. The lowest BCUT2D eigenvalue weighted by Gasteiger charge is -2.37. The van der Waals surface area contributed by atoms with Crippen molar-refractivity contribution in [2.24, 2.45) is 5.92 Å². The predicted octanol–water partition coefficient (Wildman–Crippen LogP) is 2.45. The van der Waals surface area contributed by atoms with Gasteiger partial charge in [0, 0.05) is 61.1 Å². The Morgan fingerprint density at radius 2 is 1.70 bits per heavy atom. The number of amides is 2. The summed E-state index contributed by atoms with van der Waals surface area (Å²) >= 11 is 6.03. The number of rotatable bonds is 2. The van der Waals surface area contributed by atoms with Crippen molar-refractivity contribution in [3.63, 3.8) is 0 Å². The second-order valence-electron chi connectivity index (χ2n) is 7.61. The fourth-order valence-electron chi connectivity index (χ4n) is 4.00. The highest BCUT2D eigenvalue weighted by Gasteiger charge is 2.31. The Kier molecular flexibility index (Phi) is 5.10. The van der Waals surface area contributed by atoms with E-state index < -0.39 is 0 Å². The first-order chi connectivity index (χ1) is 13.0. The molecule has 6 nitrogen and oxygen atoms in total. The Balaban J connectivity index is 1.36. The number of nitrogens with zero attached hydrogens (tertiary/aromatic N) is 3. The van der Waals surface area contributed by atoms with E-state index in [0.717, 1.165) is 49.9 Å². The molecule has 2 amide bonds. The summed E-state index contributed by atoms with van der Waals surface area (Å²) in [6.07, 6.45) is 1.48. The average Bonchev–Trinajstić information content (AvgIpc) is 3.11. The third-order valence-corrected chi connectivity index (χ3v) is 5.99. The number of H-pyrrole nitrogens is 1. The first kappa shape index (κ1) is 18.3. The van der Waals surface area contributed by atoms with Crippen molar-refractivity contribution >= 4 is 34.3 Å². The van der Waals surface area contributed by atoms with Crippen LogP contribution in [0.2, 0.25) is 5.02 Å². The van der Waals surface area contributed by atoms with Crippen LogP contribution in [0.25, 0.3) is 10.9 Å². The van der Waals surface area contributed by atoms with E-state index in [4.69, 9.17) is 11.6 Å². The van der Waals surface area contributed by atoms with Crippen LogP contribution in [0, 0.1) is 5.92 Å². The monoisotopic (exact) mass is 388 g/mol. The van der Waals surface area contributed by atoms with Gasteiger partial charge in [-0.25, -0.2) is 0 Å². The number of benzene rings is 1. The molecule has 0 radical (unpaired) electrons. The molecule has 144 valence electrons. The van der Waals surface area contributed by atoms with Crippen LogP contribution in [0.3, 0.4) is 0 Å². The van der Waals surface area contributed by atoms with Gasteiger partial charge in [-0.3, -0.25) is 9.59 Å². The molecule has 0 atom stereocenters. The SMILES string of the molecule is CN1CCN(C(=O)C2CCN(C(=O)c3cc4cc(Cl)ccc4[nH]3)CC2)CC1. The molecule has 3 heterocycles. The van der Waals surface area contributed by atoms with Crippen molar-refractivity contribution in [3.05, 3.63) is 35.0 Å². The summed E-state index contributed by atoms with van der Waals surface area (Å²) in [6.45, 7) is 4.75. The smallest absolute Gasteiger partial charge is 0.270 e. The third kappa shape index (κ3) is 3.82. The zero-order valence-corrected chi connectivity index (χ0v) is 16.3. The van der Waals surface area contributed by atoms with Crippen LogP contribution in [0.15, 0.2) is 24.3 Å². The van der Waals surface area contributed by atoms with Gasteiger partial charge in [0.1, 0.15) is 5.69 Å². The molecule has 1 aromatic carbocycles. The Morgan fingerprint density at radius 1 is 1.00 bits per heavy atom. The predicted molar refractivity (Wildman–Crippen MR) is 106 cm³/mol. The highest BCUT2D eigenvalue weighted by molar-refractivity contribution is 6.31. The molecular formula is C20H25ClN4O2. The number of fused-ring (bicyclic) bond motifs is 1. The van der Waals surface area contributed by atoms with Gasteiger partial charge in [-0.05, 0) is 44.2 Å². The zero-order valence-electron chi connectivity index (χ0n) is 15.6. The van der Waals surface area contributed by atoms with Crippen LogP contribution in [0.1, 0.15) is 23.3 Å². The summed E-state index contributed by atoms with van der Waals surface area (Å²) in [5.74, 6) is 0.294. The van der Waals surface area contributed by atoms with Gasteiger partial charge in [0.05, 0.1) is 0 Å². The van der Waals surface area contributed by atoms with Crippen LogP contribution in [-0.2, 0) is 4.79 Å². The number of piperazine rings is 1. The van der Waals surface area contributed by atoms with Gasteiger partial charge in [0.15, 0.2) is 0 Å². The minimum Gasteiger partial charge on any atom is -0.351 e. The van der Waals surface area contributed by atoms with Gasteiger partial charge in [-0.2, -0.15) is 0 Å². The fourth-order valence-corrected chi connectivity index (χ4v) is 4.18. The molecule has 0 bridgehead atoms. The average molecular weight is 389 g/mol. The molecule has 0 saturated carbocycles. The van der Waals surface area contributed by atoms with Crippen LogP contribution in [-0.4, -0.2) is 77.8 Å². The minimum atomic E-state index is -0.00665. The largest absolute Gasteiger partial charge is 0.351 e. The van der Waals surface area contributed by atoms with E-state index in [0.29, 0.717) is 23.8 Å². The number of likely N-dealkylation sites (tertiary alicyclic amines) is 1. The highest BCUT2D eigenvalue weighted by Crippen LogP contribution is 2.24. The van der Waals surface area contributed by atoms with E-state index in [1.165, 1.54) is 0 Å². The highest BCUT2D eigenvalue weighted by atomic mass is 35.5. The normalized spacial score (nSPS) is 19.6. The number of carbonyl (C=O) groups is 2. The lowest BCUT2D eigenvalue weighted by Crippen LogP contribution is -2.51. The number of halogens is 1. The number of aromatic nitrogens is 1. The molecule has 0 unspecified atom stereocenters. The van der Waals surface area contributed by atoms with E-state index in [9.17, 15) is 9.59 Å². The summed E-state index contributed by atoms with van der Waals surface area (Å²) < 4.78 is 0. The van der Waals surface area contributed by atoms with E-state index in [2.05, 4.69) is 16.9 Å². The van der Waals surface area contributed by atoms with E-state index in [1.54, 1.807) is 0 Å². The summed E-state index contributed by atoms with van der Waals surface area (Å²) in [6, 6.07) is 7.40. The number of piperidine rings is 1. The minimum absolute atomic E-state index is 0.00665. The zero-order chi connectivity index (χ0) is 19.0. The Labute approximate surface area is 164 Å². The van der Waals surface area contributed by atoms with Gasteiger partial charge in [0.25, 0.3) is 5.91 Å². The Bertz CT molecular complexity index is 849. The molecule has 0 aliphatic carbocycles. The lowest BCUT2D eigenvalue weighted by atomic mass is 9.94. The van der Waals surface area contributed by atoms with Gasteiger partial charge >= 0.3 is 0 Å². The van der Waals surface area contributed by atoms with E-state index in [-0.39, 0.29) is 17.7 Å².